The van der Waals surface area contributed by atoms with Crippen LogP contribution in [0.1, 0.15) is 20.8 Å². The second-order valence-electron chi connectivity index (χ2n) is 4.62. The van der Waals surface area contributed by atoms with Crippen LogP contribution in [0.5, 0.6) is 0 Å². The molecule has 0 saturated heterocycles. The Morgan fingerprint density at radius 3 is 1.75 bits per heavy atom. The highest BCUT2D eigenvalue weighted by atomic mass is 35.5. The monoisotopic (exact) mass is 207 g/mol. The molecule has 1 amide bonds. The van der Waals surface area contributed by atoms with Crippen molar-refractivity contribution in [2.24, 2.45) is 0 Å². The fourth-order valence-corrected chi connectivity index (χ4v) is 2.80. The minimum Gasteiger partial charge on any atom is -0.359 e. The van der Waals surface area contributed by atoms with Gasteiger partial charge in [0.05, 0.1) is 0 Å². The van der Waals surface area contributed by atoms with Gasteiger partial charge in [-0.2, -0.15) is 0 Å². The van der Waals surface area contributed by atoms with E-state index in [0.29, 0.717) is 0 Å². The molecule has 0 fully saturated rings. The summed E-state index contributed by atoms with van der Waals surface area (Å²) in [6.45, 7) is 10.7. The Hall–Kier alpha value is -0.0231. The number of amides is 1. The highest BCUT2D eigenvalue weighted by molar-refractivity contribution is 6.83. The van der Waals surface area contributed by atoms with E-state index in [0.717, 1.165) is 0 Å². The fraction of sp³-hybridized carbons (Fsp3) is 0.875. The molecule has 12 heavy (non-hydrogen) atoms. The van der Waals surface area contributed by atoms with Crippen LogP contribution < -0.4 is 0 Å². The number of nitrogens with zero attached hydrogens (tertiary/aromatic N) is 1. The Morgan fingerprint density at radius 1 is 1.33 bits per heavy atom. The molecule has 0 aromatic heterocycles. The van der Waals surface area contributed by atoms with Gasteiger partial charge < -0.3 is 4.57 Å². The summed E-state index contributed by atoms with van der Waals surface area (Å²) in [5.74, 6) is 0. The molecule has 0 aliphatic heterocycles. The van der Waals surface area contributed by atoms with Crippen LogP contribution in [0.2, 0.25) is 18.1 Å². The molecule has 0 aromatic rings. The van der Waals surface area contributed by atoms with Gasteiger partial charge in [-0.15, -0.1) is 0 Å². The molecule has 0 rings (SSSR count). The normalized spacial score (nSPS) is 12.9. The van der Waals surface area contributed by atoms with Crippen LogP contribution in [0.4, 0.5) is 4.79 Å². The first-order valence-electron chi connectivity index (χ1n) is 4.04. The van der Waals surface area contributed by atoms with Gasteiger partial charge in [-0.05, 0) is 16.6 Å². The lowest BCUT2D eigenvalue weighted by molar-refractivity contribution is 0.247. The topological polar surface area (TPSA) is 20.3 Å². The van der Waals surface area contributed by atoms with Crippen molar-refractivity contribution >= 4 is 25.2 Å². The van der Waals surface area contributed by atoms with Crippen LogP contribution >= 0.6 is 11.6 Å². The second kappa shape index (κ2) is 3.38. The first-order valence-corrected chi connectivity index (χ1v) is 7.36. The molecule has 0 unspecified atom stereocenters. The van der Waals surface area contributed by atoms with Gasteiger partial charge in [0.15, 0.2) is 8.24 Å². The second-order valence-corrected chi connectivity index (χ2v) is 10.2. The van der Waals surface area contributed by atoms with Crippen molar-refractivity contribution in [3.63, 3.8) is 0 Å². The number of hydrogen-bond donors (Lipinski definition) is 0. The van der Waals surface area contributed by atoms with Gasteiger partial charge in [0.2, 0.25) is 0 Å². The Morgan fingerprint density at radius 2 is 1.67 bits per heavy atom. The zero-order chi connectivity index (χ0) is 10.2. The van der Waals surface area contributed by atoms with Crippen LogP contribution in [-0.2, 0) is 0 Å². The standard InChI is InChI=1S/C8H18ClNOSi/c1-8(2,3)12(5,6)10(4)7(9)11/h1-6H3. The van der Waals surface area contributed by atoms with E-state index in [2.05, 4.69) is 33.9 Å². The quantitative estimate of drug-likeness (QED) is 0.367. The van der Waals surface area contributed by atoms with Crippen LogP contribution in [0.25, 0.3) is 0 Å². The molecule has 0 atom stereocenters. The molecule has 2 nitrogen and oxygen atoms in total. The van der Waals surface area contributed by atoms with Gasteiger partial charge in [-0.1, -0.05) is 33.9 Å². The first kappa shape index (κ1) is 12.0. The van der Waals surface area contributed by atoms with E-state index in [4.69, 9.17) is 11.6 Å². The summed E-state index contributed by atoms with van der Waals surface area (Å²) >= 11 is 5.44. The number of halogens is 1. The van der Waals surface area contributed by atoms with Crippen molar-refractivity contribution in [1.82, 2.24) is 4.57 Å². The van der Waals surface area contributed by atoms with E-state index in [9.17, 15) is 4.79 Å². The maximum atomic E-state index is 11.0. The van der Waals surface area contributed by atoms with Crippen molar-refractivity contribution in [3.05, 3.63) is 0 Å². The molecular formula is C8H18ClNOSi. The van der Waals surface area contributed by atoms with E-state index >= 15 is 0 Å². The average molecular weight is 208 g/mol. The molecular weight excluding hydrogens is 190 g/mol. The van der Waals surface area contributed by atoms with Crippen LogP contribution in [0.15, 0.2) is 0 Å². The van der Waals surface area contributed by atoms with Crippen molar-refractivity contribution in [3.8, 4) is 0 Å². The summed E-state index contributed by atoms with van der Waals surface area (Å²) in [5, 5.41) is -0.187. The van der Waals surface area contributed by atoms with Crippen LogP contribution in [-0.4, -0.2) is 25.2 Å². The third-order valence-corrected chi connectivity index (χ3v) is 8.88. The highest BCUT2D eigenvalue weighted by Crippen LogP contribution is 2.37. The van der Waals surface area contributed by atoms with Crippen molar-refractivity contribution < 1.29 is 4.79 Å². The van der Waals surface area contributed by atoms with E-state index in [-0.39, 0.29) is 10.4 Å². The predicted octanol–water partition coefficient (Wildman–Crippen LogP) is 3.28. The molecule has 0 saturated carbocycles. The first-order chi connectivity index (χ1) is 5.10. The minimum atomic E-state index is -1.72. The maximum absolute atomic E-state index is 11.0. The van der Waals surface area contributed by atoms with Crippen molar-refractivity contribution in [2.75, 3.05) is 7.05 Å². The number of rotatable bonds is 1. The summed E-state index contributed by atoms with van der Waals surface area (Å²) < 4.78 is 1.70. The third-order valence-electron chi connectivity index (χ3n) is 2.94. The lowest BCUT2D eigenvalue weighted by Crippen LogP contribution is -2.53. The van der Waals surface area contributed by atoms with Gasteiger partial charge in [-0.25, -0.2) is 0 Å². The lowest BCUT2D eigenvalue weighted by Gasteiger charge is -2.42. The lowest BCUT2D eigenvalue weighted by atomic mass is 10.2. The Bertz CT molecular complexity index is 186. The van der Waals surface area contributed by atoms with Gasteiger partial charge >= 0.3 is 5.37 Å². The van der Waals surface area contributed by atoms with Gasteiger partial charge in [0, 0.05) is 7.05 Å². The predicted molar refractivity (Wildman–Crippen MR) is 56.2 cm³/mol. The molecule has 4 heteroatoms. The molecule has 72 valence electrons. The largest absolute Gasteiger partial charge is 0.359 e. The number of hydrogen-bond acceptors (Lipinski definition) is 1. The zero-order valence-electron chi connectivity index (χ0n) is 8.73. The molecule has 0 aliphatic rings. The van der Waals surface area contributed by atoms with Gasteiger partial charge in [0.25, 0.3) is 0 Å². The molecule has 0 spiro atoms. The Balaban J connectivity index is 4.73. The summed E-state index contributed by atoms with van der Waals surface area (Å²) in [4.78, 5) is 11.0. The third kappa shape index (κ3) is 2.23. The van der Waals surface area contributed by atoms with Crippen LogP contribution in [0.3, 0.4) is 0 Å². The number of carbonyl (C=O) groups is 1. The fourth-order valence-electron chi connectivity index (χ4n) is 0.723. The van der Waals surface area contributed by atoms with Gasteiger partial charge in [-0.3, -0.25) is 4.79 Å². The summed E-state index contributed by atoms with van der Waals surface area (Å²) in [7, 11) is 0.0650. The van der Waals surface area contributed by atoms with E-state index in [1.165, 1.54) is 0 Å². The summed E-state index contributed by atoms with van der Waals surface area (Å²) in [6, 6.07) is 0. The molecule has 0 aromatic carbocycles. The Kier molecular flexibility index (Phi) is 3.37. The van der Waals surface area contributed by atoms with Gasteiger partial charge in [0.1, 0.15) is 0 Å². The maximum Gasteiger partial charge on any atom is 0.308 e. The van der Waals surface area contributed by atoms with Crippen molar-refractivity contribution in [2.45, 2.75) is 38.9 Å². The number of carbonyl (C=O) groups excluding carboxylic acids is 1. The Labute approximate surface area is 81.0 Å². The van der Waals surface area contributed by atoms with E-state index < -0.39 is 8.24 Å². The molecule has 0 heterocycles. The van der Waals surface area contributed by atoms with Crippen LogP contribution in [0, 0.1) is 0 Å². The minimum absolute atomic E-state index is 0.159. The summed E-state index contributed by atoms with van der Waals surface area (Å²) in [6.07, 6.45) is 0. The zero-order valence-corrected chi connectivity index (χ0v) is 10.5. The molecule has 0 bridgehead atoms. The highest BCUT2D eigenvalue weighted by Gasteiger charge is 2.41. The smallest absolute Gasteiger partial charge is 0.308 e. The van der Waals surface area contributed by atoms with Crippen molar-refractivity contribution in [1.29, 1.82) is 0 Å². The summed E-state index contributed by atoms with van der Waals surface area (Å²) in [5.41, 5.74) is 0. The van der Waals surface area contributed by atoms with E-state index in [1.807, 2.05) is 0 Å². The molecule has 0 N–H and O–H groups in total. The molecule has 0 radical (unpaired) electrons. The van der Waals surface area contributed by atoms with E-state index in [1.54, 1.807) is 11.6 Å². The SMILES string of the molecule is CN(C(=O)Cl)[Si](C)(C)C(C)(C)C. The molecule has 0 aliphatic carbocycles. The average Bonchev–Trinajstić information content (AvgIpc) is 1.83.